The molecule has 1 heterocycles. The number of hydrogen-bond donors (Lipinski definition) is 1. The van der Waals surface area contributed by atoms with Crippen LogP contribution in [0.25, 0.3) is 11.4 Å². The number of aliphatic hydroxyl groups is 1. The maximum Gasteiger partial charge on any atom is 0.140 e. The number of aromatic nitrogens is 2. The van der Waals surface area contributed by atoms with Crippen LogP contribution in [0.2, 0.25) is 0 Å². The minimum Gasteiger partial charge on any atom is -0.390 e. The second-order valence-corrected chi connectivity index (χ2v) is 4.00. The van der Waals surface area contributed by atoms with Gasteiger partial charge in [0.25, 0.3) is 0 Å². The van der Waals surface area contributed by atoms with Gasteiger partial charge in [-0.1, -0.05) is 24.3 Å². The molecule has 0 unspecified atom stereocenters. The van der Waals surface area contributed by atoms with Crippen LogP contribution in [0.1, 0.15) is 17.0 Å². The van der Waals surface area contributed by atoms with Crippen LogP contribution >= 0.6 is 0 Å². The number of benzene rings is 1. The van der Waals surface area contributed by atoms with Gasteiger partial charge in [-0.25, -0.2) is 4.98 Å². The minimum absolute atomic E-state index is 0.00838. The molecule has 0 saturated carbocycles. The first-order valence-electron chi connectivity index (χ1n) is 5.34. The fourth-order valence-corrected chi connectivity index (χ4v) is 1.85. The SMILES string of the molecule is Cc1ccccc1-c1nc(CO)c(C)n1C. The van der Waals surface area contributed by atoms with E-state index >= 15 is 0 Å². The van der Waals surface area contributed by atoms with Crippen molar-refractivity contribution in [2.24, 2.45) is 7.05 Å². The van der Waals surface area contributed by atoms with Crippen molar-refractivity contribution >= 4 is 0 Å². The van der Waals surface area contributed by atoms with E-state index in [2.05, 4.69) is 24.0 Å². The van der Waals surface area contributed by atoms with Crippen LogP contribution in [0.5, 0.6) is 0 Å². The van der Waals surface area contributed by atoms with Crippen LogP contribution in [-0.2, 0) is 13.7 Å². The van der Waals surface area contributed by atoms with E-state index in [9.17, 15) is 5.11 Å². The molecule has 2 rings (SSSR count). The van der Waals surface area contributed by atoms with Crippen molar-refractivity contribution in [2.45, 2.75) is 20.5 Å². The third-order valence-corrected chi connectivity index (χ3v) is 3.02. The highest BCUT2D eigenvalue weighted by atomic mass is 16.3. The second-order valence-electron chi connectivity index (χ2n) is 4.00. The Hall–Kier alpha value is -1.61. The number of hydrogen-bond acceptors (Lipinski definition) is 2. The van der Waals surface area contributed by atoms with Gasteiger partial charge in [0, 0.05) is 18.3 Å². The highest BCUT2D eigenvalue weighted by molar-refractivity contribution is 5.61. The molecule has 1 N–H and O–H groups in total. The fourth-order valence-electron chi connectivity index (χ4n) is 1.85. The summed E-state index contributed by atoms with van der Waals surface area (Å²) >= 11 is 0. The van der Waals surface area contributed by atoms with Crippen LogP contribution in [0.3, 0.4) is 0 Å². The van der Waals surface area contributed by atoms with E-state index in [4.69, 9.17) is 0 Å². The summed E-state index contributed by atoms with van der Waals surface area (Å²) in [6.07, 6.45) is 0. The molecule has 0 saturated heterocycles. The lowest BCUT2D eigenvalue weighted by atomic mass is 10.1. The van der Waals surface area contributed by atoms with Gasteiger partial charge in [-0.05, 0) is 19.4 Å². The summed E-state index contributed by atoms with van der Waals surface area (Å²) in [5.74, 6) is 0.916. The number of rotatable bonds is 2. The van der Waals surface area contributed by atoms with Gasteiger partial charge in [0.05, 0.1) is 12.3 Å². The van der Waals surface area contributed by atoms with Crippen LogP contribution in [0.15, 0.2) is 24.3 Å². The van der Waals surface area contributed by atoms with Crippen LogP contribution in [0.4, 0.5) is 0 Å². The molecule has 3 nitrogen and oxygen atoms in total. The summed E-state index contributed by atoms with van der Waals surface area (Å²) in [5.41, 5.74) is 4.08. The highest BCUT2D eigenvalue weighted by Gasteiger charge is 2.12. The molecule has 0 radical (unpaired) electrons. The molecule has 2 aromatic rings. The summed E-state index contributed by atoms with van der Waals surface area (Å²) < 4.78 is 2.02. The zero-order valence-electron chi connectivity index (χ0n) is 9.86. The normalized spacial score (nSPS) is 10.8. The quantitative estimate of drug-likeness (QED) is 0.835. The molecule has 0 atom stereocenters. The summed E-state index contributed by atoms with van der Waals surface area (Å²) in [7, 11) is 1.98. The van der Waals surface area contributed by atoms with Gasteiger partial charge in [0.2, 0.25) is 0 Å². The Morgan fingerprint density at radius 3 is 2.50 bits per heavy atom. The summed E-state index contributed by atoms with van der Waals surface area (Å²) in [4.78, 5) is 4.47. The Kier molecular flexibility index (Phi) is 2.79. The van der Waals surface area contributed by atoms with E-state index in [1.807, 2.05) is 30.7 Å². The van der Waals surface area contributed by atoms with Crippen molar-refractivity contribution in [3.63, 3.8) is 0 Å². The first kappa shape index (κ1) is 10.9. The molecular weight excluding hydrogens is 200 g/mol. The molecule has 0 aliphatic rings. The van der Waals surface area contributed by atoms with Crippen LogP contribution in [-0.4, -0.2) is 14.7 Å². The van der Waals surface area contributed by atoms with Crippen molar-refractivity contribution in [2.75, 3.05) is 0 Å². The predicted octanol–water partition coefficient (Wildman–Crippen LogP) is 2.20. The molecule has 1 aromatic heterocycles. The van der Waals surface area contributed by atoms with Crippen molar-refractivity contribution in [3.05, 3.63) is 41.2 Å². The second kappa shape index (κ2) is 4.10. The molecular formula is C13H16N2O. The van der Waals surface area contributed by atoms with Gasteiger partial charge in [-0.3, -0.25) is 0 Å². The Morgan fingerprint density at radius 2 is 1.94 bits per heavy atom. The van der Waals surface area contributed by atoms with Gasteiger partial charge in [0.1, 0.15) is 5.82 Å². The first-order valence-corrected chi connectivity index (χ1v) is 5.34. The van der Waals surface area contributed by atoms with Gasteiger partial charge in [0.15, 0.2) is 0 Å². The summed E-state index contributed by atoms with van der Waals surface area (Å²) in [6.45, 7) is 4.03. The molecule has 0 bridgehead atoms. The molecule has 1 aromatic carbocycles. The van der Waals surface area contributed by atoms with Crippen molar-refractivity contribution in [3.8, 4) is 11.4 Å². The maximum absolute atomic E-state index is 9.20. The monoisotopic (exact) mass is 216 g/mol. The number of aliphatic hydroxyl groups excluding tert-OH is 1. The van der Waals surface area contributed by atoms with E-state index in [0.717, 1.165) is 22.8 Å². The summed E-state index contributed by atoms with van der Waals surface area (Å²) in [6, 6.07) is 8.14. The van der Waals surface area contributed by atoms with Crippen molar-refractivity contribution in [1.29, 1.82) is 0 Å². The van der Waals surface area contributed by atoms with Gasteiger partial charge in [-0.15, -0.1) is 0 Å². The molecule has 0 fully saturated rings. The van der Waals surface area contributed by atoms with Gasteiger partial charge >= 0.3 is 0 Å². The summed E-state index contributed by atoms with van der Waals surface area (Å²) in [5, 5.41) is 9.20. The lowest BCUT2D eigenvalue weighted by Crippen LogP contribution is -1.96. The first-order chi connectivity index (χ1) is 7.65. The standard InChI is InChI=1S/C13H16N2O/c1-9-6-4-5-7-11(9)13-14-12(8-16)10(2)15(13)3/h4-7,16H,8H2,1-3H3. The van der Waals surface area contributed by atoms with Gasteiger partial charge in [-0.2, -0.15) is 0 Å². The van der Waals surface area contributed by atoms with E-state index in [1.54, 1.807) is 0 Å². The third kappa shape index (κ3) is 1.63. The lowest BCUT2D eigenvalue weighted by Gasteiger charge is -2.05. The van der Waals surface area contributed by atoms with E-state index in [1.165, 1.54) is 5.56 Å². The molecule has 0 spiro atoms. The molecule has 0 aliphatic carbocycles. The Labute approximate surface area is 95.4 Å². The minimum atomic E-state index is -0.00838. The largest absolute Gasteiger partial charge is 0.390 e. The fraction of sp³-hybridized carbons (Fsp3) is 0.308. The zero-order chi connectivity index (χ0) is 11.7. The topological polar surface area (TPSA) is 38.1 Å². The van der Waals surface area contributed by atoms with E-state index in [-0.39, 0.29) is 6.61 Å². The van der Waals surface area contributed by atoms with Gasteiger partial charge < -0.3 is 9.67 Å². The van der Waals surface area contributed by atoms with Crippen LogP contribution < -0.4 is 0 Å². The third-order valence-electron chi connectivity index (χ3n) is 3.02. The molecule has 0 amide bonds. The van der Waals surface area contributed by atoms with Crippen molar-refractivity contribution < 1.29 is 5.11 Å². The Balaban J connectivity index is 2.61. The van der Waals surface area contributed by atoms with Crippen LogP contribution in [0, 0.1) is 13.8 Å². The number of imidazole rings is 1. The lowest BCUT2D eigenvalue weighted by molar-refractivity contribution is 0.276. The predicted molar refractivity (Wildman–Crippen MR) is 64.0 cm³/mol. The molecule has 3 heteroatoms. The molecule has 84 valence electrons. The van der Waals surface area contributed by atoms with E-state index in [0.29, 0.717) is 0 Å². The Bertz CT molecular complexity index is 515. The van der Waals surface area contributed by atoms with Crippen molar-refractivity contribution in [1.82, 2.24) is 9.55 Å². The smallest absolute Gasteiger partial charge is 0.140 e. The molecule has 16 heavy (non-hydrogen) atoms. The average molecular weight is 216 g/mol. The number of aryl methyl sites for hydroxylation is 1. The van der Waals surface area contributed by atoms with E-state index < -0.39 is 0 Å². The molecule has 0 aliphatic heterocycles. The number of nitrogens with zero attached hydrogens (tertiary/aromatic N) is 2. The highest BCUT2D eigenvalue weighted by Crippen LogP contribution is 2.23. The maximum atomic E-state index is 9.20. The Morgan fingerprint density at radius 1 is 1.25 bits per heavy atom. The average Bonchev–Trinajstić information content (AvgIpc) is 2.57. The zero-order valence-corrected chi connectivity index (χ0v) is 9.86.